The fourth-order valence-corrected chi connectivity index (χ4v) is 2.79. The van der Waals surface area contributed by atoms with E-state index in [1.807, 2.05) is 25.3 Å². The van der Waals surface area contributed by atoms with Gasteiger partial charge in [0, 0.05) is 23.3 Å². The lowest BCUT2D eigenvalue weighted by molar-refractivity contribution is -0.149. The van der Waals surface area contributed by atoms with Gasteiger partial charge in [-0.2, -0.15) is 0 Å². The molecule has 0 bridgehead atoms. The summed E-state index contributed by atoms with van der Waals surface area (Å²) < 4.78 is 6.08. The number of nitrogens with zero attached hydrogens (tertiary/aromatic N) is 1. The van der Waals surface area contributed by atoms with Crippen LogP contribution in [0.15, 0.2) is 22.8 Å². The SMILES string of the molecule is CCOC(=O)C1CCC(NCc2ccc(Br)cn2)CC1. The Kier molecular flexibility index (Phi) is 5.98. The van der Waals surface area contributed by atoms with Gasteiger partial charge in [-0.15, -0.1) is 0 Å². The zero-order chi connectivity index (χ0) is 14.4. The van der Waals surface area contributed by atoms with E-state index in [0.717, 1.165) is 42.4 Å². The van der Waals surface area contributed by atoms with E-state index in [0.29, 0.717) is 12.6 Å². The Morgan fingerprint density at radius 3 is 2.75 bits per heavy atom. The van der Waals surface area contributed by atoms with Crippen LogP contribution in [0.3, 0.4) is 0 Å². The van der Waals surface area contributed by atoms with E-state index in [4.69, 9.17) is 4.74 Å². The molecular formula is C15H21BrN2O2. The number of hydrogen-bond acceptors (Lipinski definition) is 4. The molecule has 20 heavy (non-hydrogen) atoms. The van der Waals surface area contributed by atoms with Gasteiger partial charge in [-0.05, 0) is 60.7 Å². The van der Waals surface area contributed by atoms with Gasteiger partial charge in [-0.3, -0.25) is 9.78 Å². The second kappa shape index (κ2) is 7.74. The average Bonchev–Trinajstić information content (AvgIpc) is 2.47. The summed E-state index contributed by atoms with van der Waals surface area (Å²) in [4.78, 5) is 16.0. The van der Waals surface area contributed by atoms with Crippen molar-refractivity contribution in [3.8, 4) is 0 Å². The van der Waals surface area contributed by atoms with Crippen LogP contribution in [-0.4, -0.2) is 23.6 Å². The van der Waals surface area contributed by atoms with Crippen molar-refractivity contribution in [3.05, 3.63) is 28.5 Å². The summed E-state index contributed by atoms with van der Waals surface area (Å²) in [6.07, 6.45) is 5.71. The van der Waals surface area contributed by atoms with Crippen LogP contribution < -0.4 is 5.32 Å². The molecule has 1 heterocycles. The topological polar surface area (TPSA) is 51.2 Å². The number of carbonyl (C=O) groups is 1. The molecule has 0 atom stereocenters. The highest BCUT2D eigenvalue weighted by Crippen LogP contribution is 2.25. The quantitative estimate of drug-likeness (QED) is 0.837. The Hall–Kier alpha value is -0.940. The number of hydrogen-bond donors (Lipinski definition) is 1. The van der Waals surface area contributed by atoms with Crippen LogP contribution >= 0.6 is 15.9 Å². The predicted molar refractivity (Wildman–Crippen MR) is 81.2 cm³/mol. The number of pyridine rings is 1. The summed E-state index contributed by atoms with van der Waals surface area (Å²) in [5, 5.41) is 3.52. The summed E-state index contributed by atoms with van der Waals surface area (Å²) in [7, 11) is 0. The molecule has 0 unspecified atom stereocenters. The monoisotopic (exact) mass is 340 g/mol. The molecule has 4 nitrogen and oxygen atoms in total. The average molecular weight is 341 g/mol. The first kappa shape index (κ1) is 15.4. The summed E-state index contributed by atoms with van der Waals surface area (Å²) in [6.45, 7) is 3.12. The minimum absolute atomic E-state index is 0.0273. The highest BCUT2D eigenvalue weighted by atomic mass is 79.9. The van der Waals surface area contributed by atoms with Crippen LogP contribution in [0, 0.1) is 5.92 Å². The maximum absolute atomic E-state index is 11.7. The molecular weight excluding hydrogens is 320 g/mol. The molecule has 1 aromatic rings. The number of carbonyl (C=O) groups excluding carboxylic acids is 1. The molecule has 1 aliphatic rings. The van der Waals surface area contributed by atoms with Gasteiger partial charge in [0.05, 0.1) is 18.2 Å². The lowest BCUT2D eigenvalue weighted by Crippen LogP contribution is -2.35. The molecule has 1 saturated carbocycles. The summed E-state index contributed by atoms with van der Waals surface area (Å²) in [6, 6.07) is 4.49. The standard InChI is InChI=1S/C15H21BrN2O2/c1-2-20-15(19)11-3-6-13(7-4-11)18-10-14-8-5-12(16)9-17-14/h5,8-9,11,13,18H,2-4,6-7,10H2,1H3. The first-order chi connectivity index (χ1) is 9.69. The van der Waals surface area contributed by atoms with Gasteiger partial charge in [-0.25, -0.2) is 0 Å². The van der Waals surface area contributed by atoms with Crippen molar-refractivity contribution in [3.63, 3.8) is 0 Å². The Bertz CT molecular complexity index is 428. The van der Waals surface area contributed by atoms with Crippen LogP contribution in [0.1, 0.15) is 38.3 Å². The lowest BCUT2D eigenvalue weighted by atomic mass is 9.86. The van der Waals surface area contributed by atoms with Crippen molar-refractivity contribution < 1.29 is 9.53 Å². The van der Waals surface area contributed by atoms with Crippen LogP contribution in [-0.2, 0) is 16.1 Å². The molecule has 110 valence electrons. The smallest absolute Gasteiger partial charge is 0.308 e. The van der Waals surface area contributed by atoms with Crippen LogP contribution in [0.5, 0.6) is 0 Å². The van der Waals surface area contributed by atoms with Gasteiger partial charge < -0.3 is 10.1 Å². The highest BCUT2D eigenvalue weighted by Gasteiger charge is 2.26. The number of ether oxygens (including phenoxy) is 1. The third-order valence-corrected chi connectivity index (χ3v) is 4.18. The fourth-order valence-electron chi connectivity index (χ4n) is 2.55. The summed E-state index contributed by atoms with van der Waals surface area (Å²) in [5.41, 5.74) is 1.04. The zero-order valence-electron chi connectivity index (χ0n) is 11.8. The Balaban J connectivity index is 1.72. The first-order valence-corrected chi connectivity index (χ1v) is 7.98. The van der Waals surface area contributed by atoms with Gasteiger partial charge in [-0.1, -0.05) is 0 Å². The zero-order valence-corrected chi connectivity index (χ0v) is 13.4. The van der Waals surface area contributed by atoms with Gasteiger partial charge in [0.1, 0.15) is 0 Å². The highest BCUT2D eigenvalue weighted by molar-refractivity contribution is 9.10. The van der Waals surface area contributed by atoms with Crippen molar-refractivity contribution in [1.82, 2.24) is 10.3 Å². The molecule has 0 aliphatic heterocycles. The molecule has 1 N–H and O–H groups in total. The largest absolute Gasteiger partial charge is 0.466 e. The Morgan fingerprint density at radius 1 is 1.40 bits per heavy atom. The molecule has 1 fully saturated rings. The molecule has 1 aliphatic carbocycles. The second-order valence-electron chi connectivity index (χ2n) is 5.15. The second-order valence-corrected chi connectivity index (χ2v) is 6.06. The maximum Gasteiger partial charge on any atom is 0.308 e. The van der Waals surface area contributed by atoms with Crippen LogP contribution in [0.25, 0.3) is 0 Å². The summed E-state index contributed by atoms with van der Waals surface area (Å²) in [5.74, 6) is 0.0688. The number of aromatic nitrogens is 1. The molecule has 5 heteroatoms. The van der Waals surface area contributed by atoms with E-state index in [1.165, 1.54) is 0 Å². The van der Waals surface area contributed by atoms with Gasteiger partial charge in [0.15, 0.2) is 0 Å². The lowest BCUT2D eigenvalue weighted by Gasteiger charge is -2.27. The number of halogens is 1. The first-order valence-electron chi connectivity index (χ1n) is 7.19. The molecule has 0 spiro atoms. The molecule has 1 aromatic heterocycles. The molecule has 0 aromatic carbocycles. The van der Waals surface area contributed by atoms with Crippen molar-refractivity contribution in [2.75, 3.05) is 6.61 Å². The van der Waals surface area contributed by atoms with Gasteiger partial charge in [0.2, 0.25) is 0 Å². The number of esters is 1. The van der Waals surface area contributed by atoms with Gasteiger partial charge in [0.25, 0.3) is 0 Å². The number of nitrogens with one attached hydrogen (secondary N) is 1. The van der Waals surface area contributed by atoms with Crippen molar-refractivity contribution in [1.29, 1.82) is 0 Å². The van der Waals surface area contributed by atoms with E-state index in [2.05, 4.69) is 26.2 Å². The Morgan fingerprint density at radius 2 is 2.15 bits per heavy atom. The minimum atomic E-state index is -0.0273. The van der Waals surface area contributed by atoms with E-state index >= 15 is 0 Å². The van der Waals surface area contributed by atoms with E-state index in [-0.39, 0.29) is 11.9 Å². The minimum Gasteiger partial charge on any atom is -0.466 e. The maximum atomic E-state index is 11.7. The fraction of sp³-hybridized carbons (Fsp3) is 0.600. The third-order valence-electron chi connectivity index (χ3n) is 3.71. The van der Waals surface area contributed by atoms with Crippen LogP contribution in [0.4, 0.5) is 0 Å². The van der Waals surface area contributed by atoms with Gasteiger partial charge >= 0.3 is 5.97 Å². The Labute approximate surface area is 128 Å². The van der Waals surface area contributed by atoms with Crippen LogP contribution in [0.2, 0.25) is 0 Å². The van der Waals surface area contributed by atoms with Crippen molar-refractivity contribution in [2.45, 2.75) is 45.2 Å². The van der Waals surface area contributed by atoms with Crippen molar-refractivity contribution >= 4 is 21.9 Å². The normalized spacial score (nSPS) is 22.5. The van der Waals surface area contributed by atoms with E-state index in [9.17, 15) is 4.79 Å². The van der Waals surface area contributed by atoms with E-state index in [1.54, 1.807) is 0 Å². The number of rotatable bonds is 5. The van der Waals surface area contributed by atoms with E-state index < -0.39 is 0 Å². The van der Waals surface area contributed by atoms with Crippen molar-refractivity contribution in [2.24, 2.45) is 5.92 Å². The third kappa shape index (κ3) is 4.56. The molecule has 2 rings (SSSR count). The summed E-state index contributed by atoms with van der Waals surface area (Å²) >= 11 is 3.38. The molecule has 0 amide bonds. The molecule has 0 radical (unpaired) electrons. The predicted octanol–water partition coefficient (Wildman–Crippen LogP) is 3.06. The molecule has 0 saturated heterocycles.